The van der Waals surface area contributed by atoms with Crippen LogP contribution in [0.3, 0.4) is 0 Å². The summed E-state index contributed by atoms with van der Waals surface area (Å²) in [4.78, 5) is 0. The molecule has 0 heterocycles. The van der Waals surface area contributed by atoms with Gasteiger partial charge in [0.2, 0.25) is 0 Å². The molecule has 2 aromatic carbocycles. The summed E-state index contributed by atoms with van der Waals surface area (Å²) in [5.41, 5.74) is 4.74. The van der Waals surface area contributed by atoms with Crippen molar-refractivity contribution < 1.29 is 4.39 Å². The van der Waals surface area contributed by atoms with Gasteiger partial charge < -0.3 is 10.6 Å². The van der Waals surface area contributed by atoms with Gasteiger partial charge in [-0.2, -0.15) is 10.5 Å². The third-order valence-electron chi connectivity index (χ3n) is 4.45. The highest BCUT2D eigenvalue weighted by Crippen LogP contribution is 2.27. The average Bonchev–Trinajstić information content (AvgIpc) is 2.72. The minimum atomic E-state index is -0.292. The lowest BCUT2D eigenvalue weighted by atomic mass is 9.94. The molecular formula is C23H19FN4. The van der Waals surface area contributed by atoms with E-state index in [4.69, 9.17) is 10.5 Å². The maximum Gasteiger partial charge on any atom is 0.132 e. The first kappa shape index (κ1) is 18.9. The normalized spacial score (nSPS) is 14.6. The molecule has 0 fully saturated rings. The van der Waals surface area contributed by atoms with Gasteiger partial charge in [-0.15, -0.1) is 0 Å². The molecule has 1 aliphatic carbocycles. The zero-order valence-electron chi connectivity index (χ0n) is 15.5. The van der Waals surface area contributed by atoms with E-state index in [2.05, 4.69) is 10.6 Å². The Hall–Kier alpha value is -3.83. The smallest absolute Gasteiger partial charge is 0.132 e. The van der Waals surface area contributed by atoms with Crippen molar-refractivity contribution in [1.29, 1.82) is 10.5 Å². The van der Waals surface area contributed by atoms with Crippen molar-refractivity contribution in [2.45, 2.75) is 19.8 Å². The van der Waals surface area contributed by atoms with Crippen LogP contribution in [-0.4, -0.2) is 0 Å². The summed E-state index contributed by atoms with van der Waals surface area (Å²) >= 11 is 0. The summed E-state index contributed by atoms with van der Waals surface area (Å²) in [5.74, 6) is 0.486. The largest absolute Gasteiger partial charge is 0.342 e. The van der Waals surface area contributed by atoms with E-state index in [0.717, 1.165) is 28.3 Å². The summed E-state index contributed by atoms with van der Waals surface area (Å²) in [6, 6.07) is 18.1. The van der Waals surface area contributed by atoms with E-state index < -0.39 is 0 Å². The Kier molecular flexibility index (Phi) is 5.89. The SMILES string of the molecule is Cc1ccc(N/C(Nc2ccc(F)cc2)=C2\C=CC(=C(C#N)C#N)CC2)cc1. The quantitative estimate of drug-likeness (QED) is 0.691. The van der Waals surface area contributed by atoms with Crippen molar-refractivity contribution in [2.75, 3.05) is 10.6 Å². The zero-order chi connectivity index (χ0) is 19.9. The second-order valence-electron chi connectivity index (χ2n) is 6.48. The van der Waals surface area contributed by atoms with Gasteiger partial charge in [0.05, 0.1) is 0 Å². The van der Waals surface area contributed by atoms with Crippen LogP contribution in [0.5, 0.6) is 0 Å². The molecule has 0 bridgehead atoms. The summed E-state index contributed by atoms with van der Waals surface area (Å²) < 4.78 is 13.2. The van der Waals surface area contributed by atoms with Crippen LogP contribution >= 0.6 is 0 Å². The van der Waals surface area contributed by atoms with Crippen molar-refractivity contribution in [1.82, 2.24) is 0 Å². The van der Waals surface area contributed by atoms with Gasteiger partial charge in [-0.05, 0) is 67.3 Å². The fourth-order valence-corrected chi connectivity index (χ4v) is 2.87. The first-order valence-corrected chi connectivity index (χ1v) is 8.90. The first-order chi connectivity index (χ1) is 13.6. The lowest BCUT2D eigenvalue weighted by Crippen LogP contribution is -2.14. The van der Waals surface area contributed by atoms with E-state index in [1.54, 1.807) is 12.1 Å². The van der Waals surface area contributed by atoms with Crippen LogP contribution in [0.15, 0.2) is 83.2 Å². The minimum Gasteiger partial charge on any atom is -0.342 e. The molecule has 5 heteroatoms. The Morgan fingerprint density at radius 3 is 1.82 bits per heavy atom. The third-order valence-corrected chi connectivity index (χ3v) is 4.45. The van der Waals surface area contributed by atoms with E-state index >= 15 is 0 Å². The molecule has 4 nitrogen and oxygen atoms in total. The van der Waals surface area contributed by atoms with Crippen LogP contribution in [-0.2, 0) is 0 Å². The van der Waals surface area contributed by atoms with Crippen molar-refractivity contribution in [3.05, 3.63) is 94.6 Å². The molecule has 0 saturated heterocycles. The molecule has 138 valence electrons. The van der Waals surface area contributed by atoms with Gasteiger partial charge in [-0.25, -0.2) is 4.39 Å². The number of benzene rings is 2. The van der Waals surface area contributed by atoms with Crippen LogP contribution in [0, 0.1) is 35.4 Å². The Labute approximate surface area is 163 Å². The molecule has 2 aromatic rings. The Balaban J connectivity index is 1.94. The summed E-state index contributed by atoms with van der Waals surface area (Å²) in [5, 5.41) is 24.8. The maximum atomic E-state index is 13.2. The van der Waals surface area contributed by atoms with E-state index in [1.165, 1.54) is 17.7 Å². The maximum absolute atomic E-state index is 13.2. The van der Waals surface area contributed by atoms with Crippen LogP contribution in [0.2, 0.25) is 0 Å². The number of allylic oxidation sites excluding steroid dienone is 5. The molecule has 0 saturated carbocycles. The lowest BCUT2D eigenvalue weighted by molar-refractivity contribution is 0.628. The van der Waals surface area contributed by atoms with Crippen LogP contribution in [0.25, 0.3) is 0 Å². The second kappa shape index (κ2) is 8.70. The Bertz CT molecular complexity index is 964. The predicted octanol–water partition coefficient (Wildman–Crippen LogP) is 5.56. The molecule has 1 aliphatic rings. The number of nitrogens with zero attached hydrogens (tertiary/aromatic N) is 2. The molecule has 0 atom stereocenters. The number of anilines is 2. The van der Waals surface area contributed by atoms with Gasteiger partial charge in [0.25, 0.3) is 0 Å². The highest BCUT2D eigenvalue weighted by Gasteiger charge is 2.14. The molecule has 0 aliphatic heterocycles. The van der Waals surface area contributed by atoms with E-state index in [0.29, 0.717) is 12.8 Å². The molecule has 0 radical (unpaired) electrons. The van der Waals surface area contributed by atoms with Gasteiger partial charge in [0.15, 0.2) is 0 Å². The summed E-state index contributed by atoms with van der Waals surface area (Å²) in [7, 11) is 0. The van der Waals surface area contributed by atoms with Gasteiger partial charge >= 0.3 is 0 Å². The van der Waals surface area contributed by atoms with Crippen LogP contribution in [0.4, 0.5) is 15.8 Å². The number of nitrogens with one attached hydrogen (secondary N) is 2. The highest BCUT2D eigenvalue weighted by atomic mass is 19.1. The van der Waals surface area contributed by atoms with Gasteiger partial charge in [0.1, 0.15) is 29.3 Å². The molecular weight excluding hydrogens is 351 g/mol. The summed E-state index contributed by atoms with van der Waals surface area (Å²) in [6.07, 6.45) is 4.98. The number of halogens is 1. The average molecular weight is 370 g/mol. The number of hydrogen-bond acceptors (Lipinski definition) is 4. The molecule has 3 rings (SSSR count). The van der Waals surface area contributed by atoms with Crippen LogP contribution < -0.4 is 10.6 Å². The van der Waals surface area contributed by atoms with Crippen molar-refractivity contribution in [3.8, 4) is 12.1 Å². The Morgan fingerprint density at radius 1 is 0.821 bits per heavy atom. The topological polar surface area (TPSA) is 71.6 Å². The monoisotopic (exact) mass is 370 g/mol. The second-order valence-corrected chi connectivity index (χ2v) is 6.48. The lowest BCUT2D eigenvalue weighted by Gasteiger charge is -2.20. The highest BCUT2D eigenvalue weighted by molar-refractivity contribution is 5.60. The molecule has 28 heavy (non-hydrogen) atoms. The van der Waals surface area contributed by atoms with Crippen molar-refractivity contribution in [2.24, 2.45) is 0 Å². The molecule has 0 aromatic heterocycles. The fourth-order valence-electron chi connectivity index (χ4n) is 2.87. The zero-order valence-corrected chi connectivity index (χ0v) is 15.5. The first-order valence-electron chi connectivity index (χ1n) is 8.90. The van der Waals surface area contributed by atoms with E-state index in [1.807, 2.05) is 55.5 Å². The van der Waals surface area contributed by atoms with Crippen molar-refractivity contribution >= 4 is 11.4 Å². The number of nitriles is 2. The number of hydrogen-bond donors (Lipinski definition) is 2. The molecule has 0 unspecified atom stereocenters. The third kappa shape index (κ3) is 4.66. The standard InChI is InChI=1S/C23H19FN4/c1-16-2-10-21(11-3-16)27-23(28-22-12-8-20(24)9-13-22)18-6-4-17(5-7-18)19(14-25)15-26/h2-4,6,8-13,27-28H,5,7H2,1H3/b23-18-. The fraction of sp³-hybridized carbons (Fsp3) is 0.130. The molecule has 2 N–H and O–H groups in total. The number of rotatable bonds is 4. The van der Waals surface area contributed by atoms with Gasteiger partial charge in [-0.3, -0.25) is 0 Å². The number of aryl methyl sites for hydroxylation is 1. The van der Waals surface area contributed by atoms with E-state index in [9.17, 15) is 4.39 Å². The van der Waals surface area contributed by atoms with E-state index in [-0.39, 0.29) is 11.4 Å². The van der Waals surface area contributed by atoms with Gasteiger partial charge in [0, 0.05) is 11.4 Å². The van der Waals surface area contributed by atoms with Crippen molar-refractivity contribution in [3.63, 3.8) is 0 Å². The molecule has 0 amide bonds. The molecule has 0 spiro atoms. The minimum absolute atomic E-state index is 0.148. The van der Waals surface area contributed by atoms with Crippen LogP contribution in [0.1, 0.15) is 18.4 Å². The van der Waals surface area contributed by atoms with Gasteiger partial charge in [-0.1, -0.05) is 29.8 Å². The Morgan fingerprint density at radius 2 is 1.32 bits per heavy atom. The summed E-state index contributed by atoms with van der Waals surface area (Å²) in [6.45, 7) is 2.03. The predicted molar refractivity (Wildman–Crippen MR) is 108 cm³/mol.